The van der Waals surface area contributed by atoms with Crippen LogP contribution in [0.1, 0.15) is 37.7 Å². The molecule has 0 bridgehead atoms. The first-order valence-corrected chi connectivity index (χ1v) is 9.75. The second-order valence-electron chi connectivity index (χ2n) is 7.17. The van der Waals surface area contributed by atoms with E-state index in [-0.39, 0.29) is 5.41 Å². The Morgan fingerprint density at radius 3 is 2.68 bits per heavy atom. The van der Waals surface area contributed by atoms with Crippen LogP contribution in [0.5, 0.6) is 0 Å². The van der Waals surface area contributed by atoms with Crippen LogP contribution in [0.15, 0.2) is 41.4 Å². The van der Waals surface area contributed by atoms with E-state index in [0.29, 0.717) is 23.3 Å². The van der Waals surface area contributed by atoms with E-state index >= 15 is 0 Å². The minimum Gasteiger partial charge on any atom is -0.273 e. The van der Waals surface area contributed by atoms with Gasteiger partial charge in [-0.3, -0.25) is 4.31 Å². The van der Waals surface area contributed by atoms with Gasteiger partial charge in [-0.15, -0.1) is 0 Å². The van der Waals surface area contributed by atoms with E-state index in [4.69, 9.17) is 0 Å². The molecule has 0 unspecified atom stereocenters. The van der Waals surface area contributed by atoms with Gasteiger partial charge in [0.2, 0.25) is 0 Å². The summed E-state index contributed by atoms with van der Waals surface area (Å²) in [6.07, 6.45) is 10.3. The summed E-state index contributed by atoms with van der Waals surface area (Å²) >= 11 is 0. The monoisotopic (exact) mass is 317 g/mol. The first-order chi connectivity index (χ1) is 10.5. The first kappa shape index (κ1) is 14.3. The van der Waals surface area contributed by atoms with Gasteiger partial charge in [-0.2, -0.15) is 0 Å². The van der Waals surface area contributed by atoms with Gasteiger partial charge < -0.3 is 0 Å². The number of hydrogen-bond donors (Lipinski definition) is 0. The molecular weight excluding hydrogens is 294 g/mol. The summed E-state index contributed by atoms with van der Waals surface area (Å²) < 4.78 is 27.4. The molecule has 3 atom stereocenters. The normalized spacial score (nSPS) is 33.8. The Balaban J connectivity index is 1.63. The lowest BCUT2D eigenvalue weighted by Crippen LogP contribution is -2.35. The summed E-state index contributed by atoms with van der Waals surface area (Å²) in [5, 5.41) is 0. The maximum Gasteiger partial charge on any atom is 0.263 e. The quantitative estimate of drug-likeness (QED) is 0.834. The van der Waals surface area contributed by atoms with Crippen molar-refractivity contribution in [3.63, 3.8) is 0 Å². The maximum absolute atomic E-state index is 12.9. The van der Waals surface area contributed by atoms with E-state index in [1.54, 1.807) is 16.4 Å². The van der Waals surface area contributed by atoms with Gasteiger partial charge in [0, 0.05) is 12.7 Å². The number of benzene rings is 1. The Morgan fingerprint density at radius 2 is 1.91 bits per heavy atom. The highest BCUT2D eigenvalue weighted by molar-refractivity contribution is 7.89. The molecule has 4 rings (SSSR count). The number of hydrogen-bond acceptors (Lipinski definition) is 2. The summed E-state index contributed by atoms with van der Waals surface area (Å²) in [7, 11) is -3.41. The molecule has 22 heavy (non-hydrogen) atoms. The molecule has 2 saturated carbocycles. The van der Waals surface area contributed by atoms with Crippen molar-refractivity contribution in [3.05, 3.63) is 42.1 Å². The third-order valence-electron chi connectivity index (χ3n) is 5.92. The lowest BCUT2D eigenvalue weighted by molar-refractivity contribution is 0.319. The molecule has 1 spiro atoms. The second kappa shape index (κ2) is 4.85. The Hall–Kier alpha value is -1.29. The molecule has 1 heterocycles. The maximum atomic E-state index is 12.9. The van der Waals surface area contributed by atoms with Crippen molar-refractivity contribution >= 4 is 10.0 Å². The smallest absolute Gasteiger partial charge is 0.263 e. The minimum atomic E-state index is -3.41. The van der Waals surface area contributed by atoms with E-state index < -0.39 is 10.0 Å². The van der Waals surface area contributed by atoms with Crippen LogP contribution in [0.3, 0.4) is 0 Å². The Kier molecular flexibility index (Phi) is 3.16. The van der Waals surface area contributed by atoms with Crippen molar-refractivity contribution < 1.29 is 8.42 Å². The van der Waals surface area contributed by atoms with Gasteiger partial charge in [0.25, 0.3) is 10.0 Å². The van der Waals surface area contributed by atoms with E-state index in [1.165, 1.54) is 32.1 Å². The topological polar surface area (TPSA) is 37.4 Å². The van der Waals surface area contributed by atoms with Crippen molar-refractivity contribution in [3.8, 4) is 0 Å². The standard InChI is InChI=1S/C18H23NO2S/c1-14-6-8-15(9-7-14)22(20,21)19-12-10-17-16-5-3-2-4-11-18(16,17)13-19/h6-10,12,16-17H,2-5,11,13H2,1H3/t16-,17-,18+/m0/s1. The molecule has 0 radical (unpaired) electrons. The van der Waals surface area contributed by atoms with Gasteiger partial charge in [-0.1, -0.05) is 43.0 Å². The second-order valence-corrected chi connectivity index (χ2v) is 9.06. The van der Waals surface area contributed by atoms with Gasteiger partial charge in [-0.05, 0) is 49.1 Å². The molecule has 1 aromatic carbocycles. The lowest BCUT2D eigenvalue weighted by Gasteiger charge is -2.29. The van der Waals surface area contributed by atoms with Gasteiger partial charge in [0.05, 0.1) is 4.90 Å². The van der Waals surface area contributed by atoms with Gasteiger partial charge in [0.15, 0.2) is 0 Å². The average molecular weight is 317 g/mol. The zero-order valence-electron chi connectivity index (χ0n) is 13.0. The molecule has 3 nitrogen and oxygen atoms in total. The van der Waals surface area contributed by atoms with Gasteiger partial charge >= 0.3 is 0 Å². The van der Waals surface area contributed by atoms with Crippen LogP contribution in [-0.2, 0) is 10.0 Å². The van der Waals surface area contributed by atoms with Crippen LogP contribution >= 0.6 is 0 Å². The number of sulfonamides is 1. The fourth-order valence-corrected chi connectivity index (χ4v) is 5.99. The van der Waals surface area contributed by atoms with Crippen molar-refractivity contribution in [1.29, 1.82) is 0 Å². The van der Waals surface area contributed by atoms with Crippen LogP contribution in [0, 0.1) is 24.2 Å². The fraction of sp³-hybridized carbons (Fsp3) is 0.556. The number of aryl methyl sites for hydroxylation is 1. The molecule has 1 aliphatic heterocycles. The highest BCUT2D eigenvalue weighted by Crippen LogP contribution is 2.67. The third-order valence-corrected chi connectivity index (χ3v) is 7.66. The van der Waals surface area contributed by atoms with Crippen molar-refractivity contribution in [2.24, 2.45) is 17.3 Å². The van der Waals surface area contributed by atoms with Gasteiger partial charge in [-0.25, -0.2) is 8.42 Å². The van der Waals surface area contributed by atoms with Crippen molar-refractivity contribution in [1.82, 2.24) is 4.31 Å². The molecule has 4 heteroatoms. The molecule has 0 N–H and O–H groups in total. The van der Waals surface area contributed by atoms with E-state index in [0.717, 1.165) is 5.56 Å². The molecule has 0 amide bonds. The van der Waals surface area contributed by atoms with Crippen LogP contribution < -0.4 is 0 Å². The van der Waals surface area contributed by atoms with E-state index in [2.05, 4.69) is 6.08 Å². The highest BCUT2D eigenvalue weighted by atomic mass is 32.2. The average Bonchev–Trinajstić information content (AvgIpc) is 3.17. The van der Waals surface area contributed by atoms with Crippen molar-refractivity contribution in [2.45, 2.75) is 43.9 Å². The number of nitrogens with zero attached hydrogens (tertiary/aromatic N) is 1. The van der Waals surface area contributed by atoms with E-state index in [9.17, 15) is 8.42 Å². The van der Waals surface area contributed by atoms with Crippen molar-refractivity contribution in [2.75, 3.05) is 6.54 Å². The molecule has 2 aliphatic carbocycles. The van der Waals surface area contributed by atoms with E-state index in [1.807, 2.05) is 25.3 Å². The Morgan fingerprint density at radius 1 is 1.14 bits per heavy atom. The molecule has 2 fully saturated rings. The molecule has 3 aliphatic rings. The molecule has 118 valence electrons. The van der Waals surface area contributed by atoms with Crippen LogP contribution in [0.2, 0.25) is 0 Å². The van der Waals surface area contributed by atoms with Crippen LogP contribution in [0.25, 0.3) is 0 Å². The number of rotatable bonds is 2. The van der Waals surface area contributed by atoms with Crippen LogP contribution in [-0.4, -0.2) is 19.3 Å². The summed E-state index contributed by atoms with van der Waals surface area (Å²) in [6, 6.07) is 7.18. The molecule has 1 aromatic rings. The minimum absolute atomic E-state index is 0.239. The van der Waals surface area contributed by atoms with Gasteiger partial charge in [0.1, 0.15) is 0 Å². The zero-order chi connectivity index (χ0) is 15.4. The number of allylic oxidation sites excluding steroid dienone is 1. The lowest BCUT2D eigenvalue weighted by atomic mass is 9.94. The zero-order valence-corrected chi connectivity index (χ0v) is 13.8. The third kappa shape index (κ3) is 2.03. The summed E-state index contributed by atoms with van der Waals surface area (Å²) in [5.74, 6) is 1.33. The largest absolute Gasteiger partial charge is 0.273 e. The molecule has 0 saturated heterocycles. The predicted octanol–water partition coefficient (Wildman–Crippen LogP) is 3.71. The summed E-state index contributed by atoms with van der Waals surface area (Å²) in [4.78, 5) is 0.406. The molecular formula is C18H23NO2S. The predicted molar refractivity (Wildman–Crippen MR) is 86.7 cm³/mol. The SMILES string of the molecule is Cc1ccc(S(=O)(=O)N2C=C[C@H]3[C@@H]4CCCCC[C@]34C2)cc1. The highest BCUT2D eigenvalue weighted by Gasteiger charge is 2.64. The number of fused-ring (bicyclic) bond motifs is 1. The Labute approximate surface area is 133 Å². The summed E-state index contributed by atoms with van der Waals surface area (Å²) in [5.41, 5.74) is 1.32. The molecule has 0 aromatic heterocycles. The summed E-state index contributed by atoms with van der Waals surface area (Å²) in [6.45, 7) is 2.65. The fourth-order valence-electron chi connectivity index (χ4n) is 4.60. The Bertz CT molecular complexity index is 707. The van der Waals surface area contributed by atoms with Crippen LogP contribution in [0.4, 0.5) is 0 Å². The first-order valence-electron chi connectivity index (χ1n) is 8.31.